The molecule has 0 atom stereocenters. The van der Waals surface area contributed by atoms with Crippen LogP contribution < -0.4 is 0 Å². The number of rotatable bonds is 6. The number of thiophene rings is 1. The Morgan fingerprint density at radius 3 is 2.75 bits per heavy atom. The van der Waals surface area contributed by atoms with Gasteiger partial charge in [-0.3, -0.25) is 4.90 Å². The molecule has 4 heteroatoms. The van der Waals surface area contributed by atoms with E-state index < -0.39 is 0 Å². The second-order valence-corrected chi connectivity index (χ2v) is 6.89. The lowest BCUT2D eigenvalue weighted by Crippen LogP contribution is -2.40. The van der Waals surface area contributed by atoms with Crippen molar-refractivity contribution in [1.29, 1.82) is 0 Å². The molecule has 0 aliphatic heterocycles. The molecule has 0 saturated heterocycles. The van der Waals surface area contributed by atoms with Crippen LogP contribution in [0.1, 0.15) is 30.6 Å². The molecule has 2 rings (SSSR count). The second-order valence-electron chi connectivity index (χ2n) is 4.34. The van der Waals surface area contributed by atoms with Gasteiger partial charge in [0.25, 0.3) is 0 Å². The van der Waals surface area contributed by atoms with Gasteiger partial charge in [0.1, 0.15) is 0 Å². The van der Waals surface area contributed by atoms with Crippen LogP contribution in [0.15, 0.2) is 15.9 Å². The Kier molecular flexibility index (Phi) is 4.82. The topological polar surface area (TPSA) is 23.5 Å². The maximum absolute atomic E-state index is 8.93. The van der Waals surface area contributed by atoms with Crippen LogP contribution in [0.25, 0.3) is 0 Å². The maximum atomic E-state index is 8.93. The van der Waals surface area contributed by atoms with Crippen molar-refractivity contribution < 1.29 is 5.11 Å². The summed E-state index contributed by atoms with van der Waals surface area (Å²) in [6.45, 7) is 2.37. The highest BCUT2D eigenvalue weighted by atomic mass is 79.9. The van der Waals surface area contributed by atoms with Crippen molar-refractivity contribution in [1.82, 2.24) is 4.90 Å². The van der Waals surface area contributed by atoms with E-state index >= 15 is 0 Å². The summed E-state index contributed by atoms with van der Waals surface area (Å²) in [6.07, 6.45) is 4.92. The molecule has 1 aliphatic rings. The fourth-order valence-corrected chi connectivity index (χ4v) is 3.56. The summed E-state index contributed by atoms with van der Waals surface area (Å²) in [6, 6.07) is 5.07. The standard InChI is InChI=1S/C12H18BrNOS/c13-12-6-5-11(16-12)9-14(7-2-8-15)10-3-1-4-10/h5-6,10,15H,1-4,7-9H2. The summed E-state index contributed by atoms with van der Waals surface area (Å²) < 4.78 is 1.21. The SMILES string of the molecule is OCCCN(Cc1ccc(Br)s1)C1CCC1. The molecular weight excluding hydrogens is 286 g/mol. The van der Waals surface area contributed by atoms with Crippen LogP contribution in [-0.2, 0) is 6.54 Å². The molecule has 0 aromatic carbocycles. The minimum Gasteiger partial charge on any atom is -0.396 e. The predicted molar refractivity (Wildman–Crippen MR) is 71.8 cm³/mol. The molecule has 1 N–H and O–H groups in total. The highest BCUT2D eigenvalue weighted by Gasteiger charge is 2.24. The Bertz CT molecular complexity index is 325. The molecule has 0 spiro atoms. The molecule has 1 heterocycles. The van der Waals surface area contributed by atoms with Gasteiger partial charge >= 0.3 is 0 Å². The second kappa shape index (κ2) is 6.15. The molecule has 1 fully saturated rings. The summed E-state index contributed by atoms with van der Waals surface area (Å²) >= 11 is 5.32. The molecule has 0 radical (unpaired) electrons. The minimum atomic E-state index is 0.303. The Morgan fingerprint density at radius 1 is 1.44 bits per heavy atom. The van der Waals surface area contributed by atoms with Gasteiger partial charge < -0.3 is 5.11 Å². The maximum Gasteiger partial charge on any atom is 0.0701 e. The molecule has 0 unspecified atom stereocenters. The van der Waals surface area contributed by atoms with Gasteiger partial charge in [0.2, 0.25) is 0 Å². The lowest BCUT2D eigenvalue weighted by Gasteiger charge is -2.37. The van der Waals surface area contributed by atoms with E-state index in [4.69, 9.17) is 5.11 Å². The first-order chi connectivity index (χ1) is 7.79. The van der Waals surface area contributed by atoms with Gasteiger partial charge in [-0.2, -0.15) is 0 Å². The summed E-state index contributed by atoms with van der Waals surface area (Å²) in [5, 5.41) is 8.93. The molecule has 1 saturated carbocycles. The molecule has 2 nitrogen and oxygen atoms in total. The van der Waals surface area contributed by atoms with Gasteiger partial charge in [-0.1, -0.05) is 6.42 Å². The molecule has 1 aromatic heterocycles. The molecule has 0 bridgehead atoms. The highest BCUT2D eigenvalue weighted by Crippen LogP contribution is 2.29. The number of halogens is 1. The van der Waals surface area contributed by atoms with E-state index in [-0.39, 0.29) is 0 Å². The lowest BCUT2D eigenvalue weighted by molar-refractivity contribution is 0.110. The normalized spacial score (nSPS) is 16.7. The van der Waals surface area contributed by atoms with E-state index in [0.29, 0.717) is 6.61 Å². The van der Waals surface area contributed by atoms with Crippen molar-refractivity contribution in [2.45, 2.75) is 38.3 Å². The van der Waals surface area contributed by atoms with Crippen molar-refractivity contribution in [3.05, 3.63) is 20.8 Å². The fourth-order valence-electron chi connectivity index (χ4n) is 2.05. The van der Waals surface area contributed by atoms with Crippen molar-refractivity contribution in [3.63, 3.8) is 0 Å². The lowest BCUT2D eigenvalue weighted by atomic mass is 9.91. The molecule has 1 aliphatic carbocycles. The first kappa shape index (κ1) is 12.6. The number of nitrogens with zero attached hydrogens (tertiary/aromatic N) is 1. The van der Waals surface area contributed by atoms with Gasteiger partial charge in [-0.15, -0.1) is 11.3 Å². The first-order valence-corrected chi connectivity index (χ1v) is 7.49. The molecule has 1 aromatic rings. The van der Waals surface area contributed by atoms with Crippen molar-refractivity contribution in [3.8, 4) is 0 Å². The number of aliphatic hydroxyl groups is 1. The Balaban J connectivity index is 1.90. The minimum absolute atomic E-state index is 0.303. The van der Waals surface area contributed by atoms with Gasteiger partial charge in [0, 0.05) is 30.6 Å². The van der Waals surface area contributed by atoms with E-state index in [9.17, 15) is 0 Å². The Hall–Kier alpha value is 0.1000. The van der Waals surface area contributed by atoms with Gasteiger partial charge in [0.05, 0.1) is 3.79 Å². The molecule has 0 amide bonds. The van der Waals surface area contributed by atoms with E-state index in [2.05, 4.69) is 33.0 Å². The third-order valence-corrected chi connectivity index (χ3v) is 4.79. The molecule has 90 valence electrons. The van der Waals surface area contributed by atoms with Crippen molar-refractivity contribution in [2.24, 2.45) is 0 Å². The van der Waals surface area contributed by atoms with Crippen LogP contribution in [-0.4, -0.2) is 29.2 Å². The largest absolute Gasteiger partial charge is 0.396 e. The summed E-state index contributed by atoms with van der Waals surface area (Å²) in [5.41, 5.74) is 0. The van der Waals surface area contributed by atoms with Gasteiger partial charge in [-0.25, -0.2) is 0 Å². The van der Waals surface area contributed by atoms with Crippen molar-refractivity contribution in [2.75, 3.05) is 13.2 Å². The number of aliphatic hydroxyl groups excluding tert-OH is 1. The van der Waals surface area contributed by atoms with Crippen LogP contribution in [0.2, 0.25) is 0 Å². The monoisotopic (exact) mass is 303 g/mol. The zero-order valence-corrected chi connectivity index (χ0v) is 11.8. The van der Waals surface area contributed by atoms with Crippen LogP contribution in [0.5, 0.6) is 0 Å². The van der Waals surface area contributed by atoms with Crippen LogP contribution in [0.4, 0.5) is 0 Å². The highest BCUT2D eigenvalue weighted by molar-refractivity contribution is 9.11. The average molecular weight is 304 g/mol. The van der Waals surface area contributed by atoms with Gasteiger partial charge in [0.15, 0.2) is 0 Å². The number of hydrogen-bond acceptors (Lipinski definition) is 3. The predicted octanol–water partition coefficient (Wildman–Crippen LogP) is 3.25. The van der Waals surface area contributed by atoms with E-state index in [0.717, 1.165) is 25.6 Å². The van der Waals surface area contributed by atoms with E-state index in [1.54, 1.807) is 0 Å². The van der Waals surface area contributed by atoms with Gasteiger partial charge in [-0.05, 0) is 47.3 Å². The quantitative estimate of drug-likeness (QED) is 0.872. The summed E-state index contributed by atoms with van der Waals surface area (Å²) in [7, 11) is 0. The van der Waals surface area contributed by atoms with E-state index in [1.165, 1.54) is 27.9 Å². The third-order valence-electron chi connectivity index (χ3n) is 3.18. The zero-order valence-electron chi connectivity index (χ0n) is 9.36. The fraction of sp³-hybridized carbons (Fsp3) is 0.667. The van der Waals surface area contributed by atoms with Crippen LogP contribution in [0, 0.1) is 0 Å². The Morgan fingerprint density at radius 2 is 2.25 bits per heavy atom. The van der Waals surface area contributed by atoms with Crippen LogP contribution >= 0.6 is 27.3 Å². The Labute approximate surface area is 109 Å². The zero-order chi connectivity index (χ0) is 11.4. The molecular formula is C12H18BrNOS. The third kappa shape index (κ3) is 3.29. The number of hydrogen-bond donors (Lipinski definition) is 1. The van der Waals surface area contributed by atoms with Crippen LogP contribution in [0.3, 0.4) is 0 Å². The van der Waals surface area contributed by atoms with Crippen molar-refractivity contribution >= 4 is 27.3 Å². The van der Waals surface area contributed by atoms with E-state index in [1.807, 2.05) is 11.3 Å². The molecule has 16 heavy (non-hydrogen) atoms. The smallest absolute Gasteiger partial charge is 0.0701 e. The first-order valence-electron chi connectivity index (χ1n) is 5.88. The average Bonchev–Trinajstić information content (AvgIpc) is 2.58. The summed E-state index contributed by atoms with van der Waals surface area (Å²) in [4.78, 5) is 3.94. The summed E-state index contributed by atoms with van der Waals surface area (Å²) in [5.74, 6) is 0.